The first-order valence-corrected chi connectivity index (χ1v) is 10.6. The van der Waals surface area contributed by atoms with Crippen LogP contribution in [0.1, 0.15) is 78.7 Å². The van der Waals surface area contributed by atoms with Crippen molar-refractivity contribution < 1.29 is 14.4 Å². The molecule has 1 atom stereocenters. The number of rotatable bonds is 8. The Balaban J connectivity index is 1.95. The average molecular weight is 370 g/mol. The highest BCUT2D eigenvalue weighted by Gasteiger charge is 2.52. The molecule has 1 unspecified atom stereocenters. The molecular weight excluding hydrogens is 335 g/mol. The van der Waals surface area contributed by atoms with Crippen molar-refractivity contribution in [2.45, 2.75) is 89.9 Å². The summed E-state index contributed by atoms with van der Waals surface area (Å²) in [5.74, 6) is 2.35. The molecule has 0 aromatic heterocycles. The summed E-state index contributed by atoms with van der Waals surface area (Å²) in [4.78, 5) is 0. The van der Waals surface area contributed by atoms with E-state index < -0.39 is 12.7 Å². The summed E-state index contributed by atoms with van der Waals surface area (Å²) >= 11 is 0. The number of hydrogen-bond acceptors (Lipinski definition) is 3. The van der Waals surface area contributed by atoms with Gasteiger partial charge in [0.2, 0.25) is 0 Å². The van der Waals surface area contributed by atoms with Gasteiger partial charge in [-0.15, -0.1) is 0 Å². The molecule has 1 aliphatic carbocycles. The Labute approximate surface area is 165 Å². The second kappa shape index (κ2) is 7.73. The summed E-state index contributed by atoms with van der Waals surface area (Å²) in [6, 6.07) is 10.1. The molecule has 4 heteroatoms. The fourth-order valence-corrected chi connectivity index (χ4v) is 3.96. The molecule has 1 aliphatic heterocycles. The van der Waals surface area contributed by atoms with E-state index in [9.17, 15) is 5.11 Å². The third-order valence-electron chi connectivity index (χ3n) is 6.53. The molecule has 1 aromatic carbocycles. The summed E-state index contributed by atoms with van der Waals surface area (Å²) in [5.41, 5.74) is 0.397. The van der Waals surface area contributed by atoms with Crippen LogP contribution in [0.4, 0.5) is 0 Å². The lowest BCUT2D eigenvalue weighted by atomic mass is 9.74. The second-order valence-corrected chi connectivity index (χ2v) is 9.18. The molecule has 3 rings (SSSR count). The standard InChI is InChI=1S/C23H35BO3/c1-6-7-9-14-20(17-24-26-21(2,3)22(4,5)27-24)23(25,19-15-16-19)18-12-10-8-11-13-18/h8,10-13,17,19,25H,6-7,9,14-16H2,1-5H3/b20-17+. The molecule has 0 bridgehead atoms. The van der Waals surface area contributed by atoms with Gasteiger partial charge in [-0.25, -0.2) is 0 Å². The lowest BCUT2D eigenvalue weighted by molar-refractivity contribution is 0.00578. The maximum atomic E-state index is 11.9. The van der Waals surface area contributed by atoms with Crippen molar-refractivity contribution in [2.75, 3.05) is 0 Å². The van der Waals surface area contributed by atoms with E-state index in [0.717, 1.165) is 49.7 Å². The van der Waals surface area contributed by atoms with E-state index in [1.54, 1.807) is 0 Å². The van der Waals surface area contributed by atoms with E-state index in [-0.39, 0.29) is 17.1 Å². The van der Waals surface area contributed by atoms with E-state index in [1.165, 1.54) is 0 Å². The van der Waals surface area contributed by atoms with E-state index in [2.05, 4.69) is 52.7 Å². The minimum absolute atomic E-state index is 0.287. The highest BCUT2D eigenvalue weighted by molar-refractivity contribution is 6.51. The van der Waals surface area contributed by atoms with Crippen LogP contribution in [0.3, 0.4) is 0 Å². The van der Waals surface area contributed by atoms with Crippen LogP contribution in [0.5, 0.6) is 0 Å². The molecule has 0 radical (unpaired) electrons. The number of unbranched alkanes of at least 4 members (excludes halogenated alkanes) is 2. The third kappa shape index (κ3) is 4.18. The van der Waals surface area contributed by atoms with Gasteiger partial charge >= 0.3 is 7.12 Å². The normalized spacial score (nSPS) is 24.1. The van der Waals surface area contributed by atoms with Gasteiger partial charge in [-0.05, 0) is 70.4 Å². The second-order valence-electron chi connectivity index (χ2n) is 9.18. The zero-order valence-corrected chi connectivity index (χ0v) is 17.6. The van der Waals surface area contributed by atoms with Crippen molar-refractivity contribution >= 4 is 7.12 Å². The van der Waals surface area contributed by atoms with Crippen LogP contribution >= 0.6 is 0 Å². The first-order valence-electron chi connectivity index (χ1n) is 10.6. The predicted molar refractivity (Wildman–Crippen MR) is 111 cm³/mol. The largest absolute Gasteiger partial charge is 0.487 e. The minimum atomic E-state index is -0.918. The van der Waals surface area contributed by atoms with Crippen molar-refractivity contribution in [3.05, 3.63) is 47.4 Å². The van der Waals surface area contributed by atoms with Gasteiger partial charge in [0.05, 0.1) is 11.2 Å². The minimum Gasteiger partial charge on any atom is -0.400 e. The predicted octanol–water partition coefficient (Wildman–Crippen LogP) is 5.42. The van der Waals surface area contributed by atoms with Gasteiger partial charge in [0.1, 0.15) is 5.60 Å². The molecular formula is C23H35BO3. The Kier molecular flexibility index (Phi) is 5.91. The molecule has 1 heterocycles. The maximum absolute atomic E-state index is 11.9. The van der Waals surface area contributed by atoms with Gasteiger partial charge in [-0.2, -0.15) is 0 Å². The molecule has 0 spiro atoms. The van der Waals surface area contributed by atoms with Crippen molar-refractivity contribution in [2.24, 2.45) is 5.92 Å². The van der Waals surface area contributed by atoms with E-state index in [4.69, 9.17) is 9.31 Å². The van der Waals surface area contributed by atoms with Gasteiger partial charge in [0.15, 0.2) is 0 Å². The Morgan fingerprint density at radius 2 is 1.70 bits per heavy atom. The average Bonchev–Trinajstić information content (AvgIpc) is 3.42. The number of aliphatic hydroxyl groups is 1. The molecule has 1 saturated heterocycles. The maximum Gasteiger partial charge on any atom is 0.487 e. The Morgan fingerprint density at radius 1 is 1.11 bits per heavy atom. The lowest BCUT2D eigenvalue weighted by Gasteiger charge is -2.33. The van der Waals surface area contributed by atoms with Crippen LogP contribution in [0, 0.1) is 5.92 Å². The van der Waals surface area contributed by atoms with E-state index in [1.807, 2.05) is 18.2 Å². The van der Waals surface area contributed by atoms with Gasteiger partial charge in [0, 0.05) is 0 Å². The molecule has 148 valence electrons. The highest BCUT2D eigenvalue weighted by Crippen LogP contribution is 2.51. The molecule has 2 fully saturated rings. The Morgan fingerprint density at radius 3 is 2.22 bits per heavy atom. The fraction of sp³-hybridized carbons (Fsp3) is 0.652. The van der Waals surface area contributed by atoms with Crippen LogP contribution in [0.15, 0.2) is 41.9 Å². The first kappa shape index (κ1) is 20.6. The van der Waals surface area contributed by atoms with Crippen molar-refractivity contribution in [1.29, 1.82) is 0 Å². The number of hydrogen-bond donors (Lipinski definition) is 1. The van der Waals surface area contributed by atoms with Crippen LogP contribution < -0.4 is 0 Å². The van der Waals surface area contributed by atoms with Crippen LogP contribution in [-0.2, 0) is 14.9 Å². The summed E-state index contributed by atoms with van der Waals surface area (Å²) in [7, 11) is -0.416. The molecule has 0 amide bonds. The van der Waals surface area contributed by atoms with Crippen LogP contribution in [0.2, 0.25) is 0 Å². The van der Waals surface area contributed by atoms with Crippen molar-refractivity contribution in [1.82, 2.24) is 0 Å². The van der Waals surface area contributed by atoms with Gasteiger partial charge < -0.3 is 14.4 Å². The van der Waals surface area contributed by atoms with E-state index >= 15 is 0 Å². The Bertz CT molecular complexity index is 647. The third-order valence-corrected chi connectivity index (χ3v) is 6.53. The van der Waals surface area contributed by atoms with E-state index in [0.29, 0.717) is 0 Å². The van der Waals surface area contributed by atoms with Gasteiger partial charge in [0.25, 0.3) is 0 Å². The molecule has 3 nitrogen and oxygen atoms in total. The smallest absolute Gasteiger partial charge is 0.400 e. The van der Waals surface area contributed by atoms with Crippen molar-refractivity contribution in [3.63, 3.8) is 0 Å². The fourth-order valence-electron chi connectivity index (χ4n) is 3.96. The van der Waals surface area contributed by atoms with Crippen molar-refractivity contribution in [3.8, 4) is 0 Å². The summed E-state index contributed by atoms with van der Waals surface area (Å²) in [5, 5.41) is 11.9. The molecule has 1 saturated carbocycles. The monoisotopic (exact) mass is 370 g/mol. The summed E-state index contributed by atoms with van der Waals surface area (Å²) < 4.78 is 12.4. The SMILES string of the molecule is CCCCC/C(=C\B1OC(C)(C)C(C)(C)O1)C(O)(c1ccccc1)C1CC1. The van der Waals surface area contributed by atoms with Crippen LogP contribution in [-0.4, -0.2) is 23.4 Å². The highest BCUT2D eigenvalue weighted by atomic mass is 16.7. The first-order chi connectivity index (χ1) is 12.7. The van der Waals surface area contributed by atoms with Gasteiger partial charge in [-0.1, -0.05) is 56.1 Å². The summed E-state index contributed by atoms with van der Waals surface area (Å²) in [6.45, 7) is 10.5. The summed E-state index contributed by atoms with van der Waals surface area (Å²) in [6.07, 6.45) is 6.41. The topological polar surface area (TPSA) is 38.7 Å². The zero-order chi connectivity index (χ0) is 19.7. The van der Waals surface area contributed by atoms with Gasteiger partial charge in [-0.3, -0.25) is 0 Å². The molecule has 1 N–H and O–H groups in total. The molecule has 1 aromatic rings. The molecule has 2 aliphatic rings. The Hall–Kier alpha value is -1.10. The zero-order valence-electron chi connectivity index (χ0n) is 17.6. The number of benzene rings is 1. The quantitative estimate of drug-likeness (QED) is 0.490. The molecule has 27 heavy (non-hydrogen) atoms. The van der Waals surface area contributed by atoms with Crippen LogP contribution in [0.25, 0.3) is 0 Å². The lowest BCUT2D eigenvalue weighted by Crippen LogP contribution is -2.41.